The molecule has 156 valence electrons. The van der Waals surface area contributed by atoms with Crippen LogP contribution in [-0.2, 0) is 7.05 Å². The number of rotatable bonds is 3. The Morgan fingerprint density at radius 2 is 1.87 bits per heavy atom. The Morgan fingerprint density at radius 1 is 1.00 bits per heavy atom. The van der Waals surface area contributed by atoms with Crippen LogP contribution in [-0.4, -0.2) is 47.8 Å². The molecule has 6 heterocycles. The number of fused-ring (bicyclic) bond motifs is 2. The molecule has 0 unspecified atom stereocenters. The van der Waals surface area contributed by atoms with E-state index in [1.165, 1.54) is 19.3 Å². The van der Waals surface area contributed by atoms with Gasteiger partial charge in [-0.1, -0.05) is 0 Å². The molecule has 0 radical (unpaired) electrons. The van der Waals surface area contributed by atoms with Gasteiger partial charge >= 0.3 is 0 Å². The van der Waals surface area contributed by atoms with Crippen molar-refractivity contribution in [1.29, 1.82) is 0 Å². The number of H-pyrrole nitrogens is 2. The summed E-state index contributed by atoms with van der Waals surface area (Å²) in [6.07, 6.45) is 7.49. The topological polar surface area (TPSA) is 91.3 Å². The normalized spacial score (nSPS) is 14.7. The average molecular weight is 413 g/mol. The number of anilines is 1. The third kappa shape index (κ3) is 2.90. The summed E-state index contributed by atoms with van der Waals surface area (Å²) in [7, 11) is 2.01. The molecular weight excluding hydrogens is 388 g/mol. The van der Waals surface area contributed by atoms with Gasteiger partial charge in [0.25, 0.3) is 0 Å². The molecule has 0 spiro atoms. The maximum atomic E-state index is 4.94. The fraction of sp³-hybridized carbons (Fsp3) is 0.304. The Labute approximate surface area is 179 Å². The second-order valence-corrected chi connectivity index (χ2v) is 8.24. The van der Waals surface area contributed by atoms with Gasteiger partial charge in [-0.3, -0.25) is 5.10 Å². The van der Waals surface area contributed by atoms with Crippen molar-refractivity contribution < 1.29 is 0 Å². The molecule has 31 heavy (non-hydrogen) atoms. The Balaban J connectivity index is 1.47. The molecule has 0 atom stereocenters. The van der Waals surface area contributed by atoms with E-state index < -0.39 is 0 Å². The van der Waals surface area contributed by atoms with E-state index in [2.05, 4.69) is 31.1 Å². The van der Waals surface area contributed by atoms with Crippen LogP contribution in [0.1, 0.15) is 25.1 Å². The van der Waals surface area contributed by atoms with E-state index in [0.29, 0.717) is 0 Å². The first-order valence-corrected chi connectivity index (χ1v) is 10.8. The number of nitrogens with one attached hydrogen (secondary N) is 2. The molecule has 5 aromatic heterocycles. The minimum Gasteiger partial charge on any atom is -0.356 e. The van der Waals surface area contributed by atoms with Crippen molar-refractivity contribution in [3.05, 3.63) is 42.5 Å². The second-order valence-electron chi connectivity index (χ2n) is 8.24. The fourth-order valence-corrected chi connectivity index (χ4v) is 4.49. The maximum absolute atomic E-state index is 4.94. The summed E-state index contributed by atoms with van der Waals surface area (Å²) < 4.78 is 2.05. The van der Waals surface area contributed by atoms with Gasteiger partial charge in [-0.2, -0.15) is 5.10 Å². The first kappa shape index (κ1) is 18.1. The van der Waals surface area contributed by atoms with Crippen LogP contribution in [0.5, 0.6) is 0 Å². The predicted molar refractivity (Wildman–Crippen MR) is 122 cm³/mol. The van der Waals surface area contributed by atoms with Crippen LogP contribution in [0.2, 0.25) is 0 Å². The van der Waals surface area contributed by atoms with E-state index in [-0.39, 0.29) is 0 Å². The largest absolute Gasteiger partial charge is 0.356 e. The van der Waals surface area contributed by atoms with Crippen LogP contribution in [0.4, 0.5) is 5.82 Å². The number of aromatic nitrogens is 7. The van der Waals surface area contributed by atoms with Crippen molar-refractivity contribution in [2.24, 2.45) is 7.05 Å². The lowest BCUT2D eigenvalue weighted by Gasteiger charge is -2.28. The number of pyridine rings is 2. The highest BCUT2D eigenvalue weighted by molar-refractivity contribution is 5.98. The van der Waals surface area contributed by atoms with E-state index in [4.69, 9.17) is 9.97 Å². The van der Waals surface area contributed by atoms with Crippen molar-refractivity contribution in [3.8, 4) is 22.8 Å². The summed E-state index contributed by atoms with van der Waals surface area (Å²) >= 11 is 0. The zero-order valence-corrected chi connectivity index (χ0v) is 17.7. The van der Waals surface area contributed by atoms with Crippen LogP contribution in [0.3, 0.4) is 0 Å². The third-order valence-electron chi connectivity index (χ3n) is 6.33. The molecule has 1 fully saturated rings. The van der Waals surface area contributed by atoms with Gasteiger partial charge in [-0.15, -0.1) is 0 Å². The van der Waals surface area contributed by atoms with E-state index in [9.17, 15) is 0 Å². The number of hydrogen-bond donors (Lipinski definition) is 2. The number of hydrogen-bond acceptors (Lipinski definition) is 5. The van der Waals surface area contributed by atoms with Crippen LogP contribution >= 0.6 is 0 Å². The minimum absolute atomic E-state index is 0.816. The second kappa shape index (κ2) is 6.94. The summed E-state index contributed by atoms with van der Waals surface area (Å²) in [6.45, 7) is 4.11. The van der Waals surface area contributed by atoms with Gasteiger partial charge in [0.1, 0.15) is 22.9 Å². The van der Waals surface area contributed by atoms with E-state index in [1.807, 2.05) is 49.1 Å². The monoisotopic (exact) mass is 412 g/mol. The quantitative estimate of drug-likeness (QED) is 0.463. The molecule has 0 bridgehead atoms. The van der Waals surface area contributed by atoms with Crippen LogP contribution in [0.15, 0.2) is 36.7 Å². The number of aromatic amines is 2. The van der Waals surface area contributed by atoms with E-state index >= 15 is 0 Å². The molecule has 6 rings (SSSR count). The minimum atomic E-state index is 0.816. The molecule has 1 aliphatic heterocycles. The van der Waals surface area contributed by atoms with Crippen molar-refractivity contribution in [2.45, 2.75) is 26.2 Å². The van der Waals surface area contributed by atoms with Crippen molar-refractivity contribution in [1.82, 2.24) is 34.7 Å². The van der Waals surface area contributed by atoms with E-state index in [1.54, 1.807) is 0 Å². The zero-order valence-electron chi connectivity index (χ0n) is 17.7. The molecule has 1 aliphatic rings. The van der Waals surface area contributed by atoms with Gasteiger partial charge in [-0.05, 0) is 50.5 Å². The molecular formula is C23H24N8. The molecule has 0 saturated carbocycles. The van der Waals surface area contributed by atoms with Gasteiger partial charge < -0.3 is 14.5 Å². The highest BCUT2D eigenvalue weighted by Gasteiger charge is 2.19. The molecule has 2 N–H and O–H groups in total. The number of imidazole rings is 1. The summed E-state index contributed by atoms with van der Waals surface area (Å²) in [4.78, 5) is 20.0. The van der Waals surface area contributed by atoms with Gasteiger partial charge in [-0.25, -0.2) is 15.0 Å². The van der Waals surface area contributed by atoms with Crippen molar-refractivity contribution >= 4 is 27.8 Å². The lowest BCUT2D eigenvalue weighted by Crippen LogP contribution is -2.30. The summed E-state index contributed by atoms with van der Waals surface area (Å²) in [5, 5.41) is 8.85. The fourth-order valence-electron chi connectivity index (χ4n) is 4.49. The lowest BCUT2D eigenvalue weighted by molar-refractivity contribution is 0.575. The third-order valence-corrected chi connectivity index (χ3v) is 6.33. The Kier molecular flexibility index (Phi) is 4.05. The Morgan fingerprint density at radius 3 is 2.68 bits per heavy atom. The molecule has 8 heteroatoms. The summed E-state index contributed by atoms with van der Waals surface area (Å²) in [6, 6.07) is 8.22. The highest BCUT2D eigenvalue weighted by atomic mass is 15.2. The smallest absolute Gasteiger partial charge is 0.137 e. The van der Waals surface area contributed by atoms with Crippen LogP contribution < -0.4 is 4.90 Å². The highest BCUT2D eigenvalue weighted by Crippen LogP contribution is 2.33. The first-order valence-electron chi connectivity index (χ1n) is 10.8. The molecule has 0 aliphatic carbocycles. The molecule has 1 saturated heterocycles. The Hall–Kier alpha value is -3.68. The number of nitrogens with zero attached hydrogens (tertiary/aromatic N) is 6. The molecule has 5 aromatic rings. The lowest BCUT2D eigenvalue weighted by atomic mass is 10.1. The van der Waals surface area contributed by atoms with Crippen LogP contribution in [0.25, 0.3) is 44.7 Å². The summed E-state index contributed by atoms with van der Waals surface area (Å²) in [5.41, 5.74) is 6.45. The van der Waals surface area contributed by atoms with Gasteiger partial charge in [0, 0.05) is 31.7 Å². The standard InChI is InChI=1S/C23H24N8/c1-14-25-13-20(30(14)2)17-6-7-18-21(27-17)22(29-28-18)19-12-15-16(26-19)8-9-24-23(15)31-10-4-3-5-11-31/h6-9,12-13,26H,3-5,10-11H2,1-2H3,(H,28,29). The van der Waals surface area contributed by atoms with Crippen LogP contribution in [0, 0.1) is 6.92 Å². The maximum Gasteiger partial charge on any atom is 0.137 e. The van der Waals surface area contributed by atoms with Gasteiger partial charge in [0.15, 0.2) is 0 Å². The van der Waals surface area contributed by atoms with Gasteiger partial charge in [0.05, 0.1) is 34.3 Å². The number of aryl methyl sites for hydroxylation is 1. The summed E-state index contributed by atoms with van der Waals surface area (Å²) in [5.74, 6) is 2.01. The van der Waals surface area contributed by atoms with Crippen molar-refractivity contribution in [2.75, 3.05) is 18.0 Å². The van der Waals surface area contributed by atoms with Crippen molar-refractivity contribution in [3.63, 3.8) is 0 Å². The Bertz CT molecular complexity index is 1400. The molecule has 0 aromatic carbocycles. The first-order chi connectivity index (χ1) is 15.2. The van der Waals surface area contributed by atoms with E-state index in [0.717, 1.165) is 69.4 Å². The number of piperidine rings is 1. The van der Waals surface area contributed by atoms with Gasteiger partial charge in [0.2, 0.25) is 0 Å². The predicted octanol–water partition coefficient (Wildman–Crippen LogP) is 4.20. The average Bonchev–Trinajstić information content (AvgIpc) is 3.50. The molecule has 0 amide bonds. The molecule has 8 nitrogen and oxygen atoms in total. The zero-order chi connectivity index (χ0) is 20.9. The SMILES string of the molecule is Cc1ncc(-c2ccc3[nH]nc(-c4cc5c(N6CCCCC6)nccc5[nH]4)c3n2)n1C.